The Labute approximate surface area is 183 Å². The number of nitrogens with zero attached hydrogens (tertiary/aromatic N) is 5. The molecular formula is C22H24N6O4. The summed E-state index contributed by atoms with van der Waals surface area (Å²) in [4.78, 5) is 29.7. The van der Waals surface area contributed by atoms with Gasteiger partial charge >= 0.3 is 5.97 Å². The number of pyridine rings is 1. The van der Waals surface area contributed by atoms with Crippen molar-refractivity contribution in [2.75, 3.05) is 6.61 Å². The van der Waals surface area contributed by atoms with E-state index < -0.39 is 5.97 Å². The van der Waals surface area contributed by atoms with Crippen molar-refractivity contribution < 1.29 is 13.9 Å². The number of aryl methyl sites for hydroxylation is 1. The van der Waals surface area contributed by atoms with Crippen LogP contribution < -0.4 is 5.56 Å². The van der Waals surface area contributed by atoms with Gasteiger partial charge in [0.15, 0.2) is 5.82 Å². The number of benzene rings is 1. The number of carbonyl (C=O) groups is 1. The third-order valence-corrected chi connectivity index (χ3v) is 5.07. The summed E-state index contributed by atoms with van der Waals surface area (Å²) in [5.41, 5.74) is 2.30. The van der Waals surface area contributed by atoms with Gasteiger partial charge < -0.3 is 14.1 Å². The fourth-order valence-corrected chi connectivity index (χ4v) is 3.57. The van der Waals surface area contributed by atoms with Crippen LogP contribution in [0.1, 0.15) is 29.6 Å². The number of fused-ring (bicyclic) bond motifs is 1. The van der Waals surface area contributed by atoms with Gasteiger partial charge in [-0.1, -0.05) is 18.2 Å². The van der Waals surface area contributed by atoms with E-state index in [0.29, 0.717) is 31.0 Å². The summed E-state index contributed by atoms with van der Waals surface area (Å²) in [7, 11) is 0. The molecule has 0 spiro atoms. The number of ether oxygens (including phenoxy) is 1. The van der Waals surface area contributed by atoms with Crippen LogP contribution in [0, 0.1) is 6.92 Å². The molecule has 0 aliphatic carbocycles. The van der Waals surface area contributed by atoms with E-state index in [4.69, 9.17) is 9.15 Å². The van der Waals surface area contributed by atoms with Crippen LogP contribution in [0.15, 0.2) is 51.9 Å². The van der Waals surface area contributed by atoms with Crippen molar-refractivity contribution in [3.8, 4) is 0 Å². The molecule has 0 amide bonds. The molecule has 0 bridgehead atoms. The smallest absolute Gasteiger partial charge is 0.327 e. The summed E-state index contributed by atoms with van der Waals surface area (Å²) in [5.74, 6) is 0.806. The summed E-state index contributed by atoms with van der Waals surface area (Å²) >= 11 is 0. The van der Waals surface area contributed by atoms with Crippen LogP contribution in [-0.4, -0.2) is 42.7 Å². The molecule has 1 aromatic carbocycles. The molecule has 0 fully saturated rings. The first-order chi connectivity index (χ1) is 15.5. The molecule has 3 aromatic heterocycles. The van der Waals surface area contributed by atoms with Crippen LogP contribution in [0.5, 0.6) is 0 Å². The average Bonchev–Trinajstić information content (AvgIpc) is 3.42. The van der Waals surface area contributed by atoms with E-state index in [1.54, 1.807) is 13.2 Å². The molecule has 0 saturated heterocycles. The van der Waals surface area contributed by atoms with Crippen molar-refractivity contribution in [3.05, 3.63) is 75.7 Å². The molecular weight excluding hydrogens is 412 g/mol. The van der Waals surface area contributed by atoms with Gasteiger partial charge in [0.05, 0.1) is 31.5 Å². The highest BCUT2D eigenvalue weighted by molar-refractivity contribution is 5.81. The van der Waals surface area contributed by atoms with E-state index in [1.807, 2.05) is 48.2 Å². The maximum absolute atomic E-state index is 12.8. The molecule has 10 heteroatoms. The van der Waals surface area contributed by atoms with Crippen molar-refractivity contribution in [2.45, 2.75) is 40.0 Å². The van der Waals surface area contributed by atoms with Crippen LogP contribution in [0.2, 0.25) is 0 Å². The van der Waals surface area contributed by atoms with E-state index in [1.165, 1.54) is 4.68 Å². The van der Waals surface area contributed by atoms with Gasteiger partial charge in [-0.05, 0) is 53.4 Å². The zero-order valence-electron chi connectivity index (χ0n) is 17.9. The van der Waals surface area contributed by atoms with Crippen molar-refractivity contribution in [3.63, 3.8) is 0 Å². The minimum atomic E-state index is -0.417. The number of hydrogen-bond donors (Lipinski definition) is 1. The Morgan fingerprint density at radius 3 is 2.88 bits per heavy atom. The fraction of sp³-hybridized carbons (Fsp3) is 0.318. The Hall–Kier alpha value is -3.79. The molecule has 3 heterocycles. The SMILES string of the molecule is CCOC(=O)Cn1nnnc1CN(Cc1ccco1)Cc1cc2cccc(C)c2[nH]c1=O. The maximum atomic E-state index is 12.8. The van der Waals surface area contributed by atoms with Crippen molar-refractivity contribution in [2.24, 2.45) is 0 Å². The minimum Gasteiger partial charge on any atom is -0.468 e. The Morgan fingerprint density at radius 2 is 2.09 bits per heavy atom. The Balaban J connectivity index is 1.61. The lowest BCUT2D eigenvalue weighted by Gasteiger charge is -2.20. The van der Waals surface area contributed by atoms with E-state index >= 15 is 0 Å². The molecule has 166 valence electrons. The highest BCUT2D eigenvalue weighted by Gasteiger charge is 2.18. The van der Waals surface area contributed by atoms with Crippen LogP contribution >= 0.6 is 0 Å². The van der Waals surface area contributed by atoms with Crippen LogP contribution in [0.25, 0.3) is 10.9 Å². The molecule has 10 nitrogen and oxygen atoms in total. The molecule has 0 radical (unpaired) electrons. The Bertz CT molecular complexity index is 1260. The lowest BCUT2D eigenvalue weighted by molar-refractivity contribution is -0.144. The molecule has 0 atom stereocenters. The molecule has 0 aliphatic rings. The van der Waals surface area contributed by atoms with Gasteiger partial charge in [0, 0.05) is 12.1 Å². The lowest BCUT2D eigenvalue weighted by atomic mass is 10.1. The maximum Gasteiger partial charge on any atom is 0.327 e. The molecule has 4 aromatic rings. The zero-order valence-corrected chi connectivity index (χ0v) is 17.9. The van der Waals surface area contributed by atoms with E-state index in [0.717, 1.165) is 22.2 Å². The first kappa shape index (κ1) is 21.4. The number of para-hydroxylation sites is 1. The average molecular weight is 436 g/mol. The number of H-pyrrole nitrogens is 1. The van der Waals surface area contributed by atoms with Gasteiger partial charge in [-0.3, -0.25) is 14.5 Å². The first-order valence-electron chi connectivity index (χ1n) is 10.3. The predicted molar refractivity (Wildman–Crippen MR) is 115 cm³/mol. The second-order valence-corrected chi connectivity index (χ2v) is 7.45. The van der Waals surface area contributed by atoms with Gasteiger partial charge in [0.1, 0.15) is 12.3 Å². The van der Waals surface area contributed by atoms with Crippen molar-refractivity contribution in [1.29, 1.82) is 0 Å². The number of furan rings is 1. The highest BCUT2D eigenvalue weighted by atomic mass is 16.5. The quantitative estimate of drug-likeness (QED) is 0.397. The second kappa shape index (κ2) is 9.56. The summed E-state index contributed by atoms with van der Waals surface area (Å²) < 4.78 is 11.9. The van der Waals surface area contributed by atoms with Crippen LogP contribution in [0.3, 0.4) is 0 Å². The van der Waals surface area contributed by atoms with E-state index in [-0.39, 0.29) is 18.7 Å². The van der Waals surface area contributed by atoms with Gasteiger partial charge in [-0.25, -0.2) is 4.68 Å². The van der Waals surface area contributed by atoms with Crippen LogP contribution in [0.4, 0.5) is 0 Å². The molecule has 1 N–H and O–H groups in total. The first-order valence-corrected chi connectivity index (χ1v) is 10.3. The van der Waals surface area contributed by atoms with E-state index in [2.05, 4.69) is 20.5 Å². The number of nitrogens with one attached hydrogen (secondary N) is 1. The van der Waals surface area contributed by atoms with Crippen molar-refractivity contribution in [1.82, 2.24) is 30.1 Å². The van der Waals surface area contributed by atoms with Crippen LogP contribution in [-0.2, 0) is 35.7 Å². The number of tetrazole rings is 1. The number of rotatable bonds is 9. The third-order valence-electron chi connectivity index (χ3n) is 5.07. The number of aromatic nitrogens is 5. The topological polar surface area (TPSA) is 119 Å². The van der Waals surface area contributed by atoms with E-state index in [9.17, 15) is 9.59 Å². The number of carbonyl (C=O) groups excluding carboxylic acids is 1. The third kappa shape index (κ3) is 4.92. The van der Waals surface area contributed by atoms with Gasteiger partial charge in [-0.15, -0.1) is 5.10 Å². The number of aromatic amines is 1. The molecule has 4 rings (SSSR count). The molecule has 32 heavy (non-hydrogen) atoms. The highest BCUT2D eigenvalue weighted by Crippen LogP contribution is 2.17. The number of hydrogen-bond acceptors (Lipinski definition) is 8. The summed E-state index contributed by atoms with van der Waals surface area (Å²) in [6, 6.07) is 11.5. The normalized spacial score (nSPS) is 11.3. The standard InChI is InChI=1S/C22H24N6O4/c1-3-31-20(29)14-28-19(24-25-26-28)13-27(12-18-8-5-9-32-18)11-17-10-16-7-4-6-15(2)21(16)23-22(17)30/h4-10H,3,11-14H2,1-2H3,(H,23,30). The molecule has 0 saturated carbocycles. The summed E-state index contributed by atoms with van der Waals surface area (Å²) in [6.07, 6.45) is 1.60. The fourth-order valence-electron chi connectivity index (χ4n) is 3.57. The molecule has 0 aliphatic heterocycles. The largest absolute Gasteiger partial charge is 0.468 e. The minimum absolute atomic E-state index is 0.0827. The predicted octanol–water partition coefficient (Wildman–Crippen LogP) is 2.18. The lowest BCUT2D eigenvalue weighted by Crippen LogP contribution is -2.28. The van der Waals surface area contributed by atoms with Gasteiger partial charge in [0.25, 0.3) is 5.56 Å². The van der Waals surface area contributed by atoms with Crippen molar-refractivity contribution >= 4 is 16.9 Å². The summed E-state index contributed by atoms with van der Waals surface area (Å²) in [5, 5.41) is 12.6. The summed E-state index contributed by atoms with van der Waals surface area (Å²) in [6.45, 7) is 4.98. The number of esters is 1. The van der Waals surface area contributed by atoms with Gasteiger partial charge in [-0.2, -0.15) is 0 Å². The molecule has 0 unspecified atom stereocenters. The Kier molecular flexibility index (Phi) is 6.41. The monoisotopic (exact) mass is 436 g/mol. The zero-order chi connectivity index (χ0) is 22.5. The van der Waals surface area contributed by atoms with Gasteiger partial charge in [0.2, 0.25) is 0 Å². The second-order valence-electron chi connectivity index (χ2n) is 7.45. The Morgan fingerprint density at radius 1 is 1.22 bits per heavy atom.